The van der Waals surface area contributed by atoms with Crippen molar-refractivity contribution in [2.45, 2.75) is 96.8 Å². The van der Waals surface area contributed by atoms with Crippen LogP contribution in [-0.2, 0) is 47.2 Å². The molecule has 2 aliphatic heterocycles. The predicted octanol–water partition coefficient (Wildman–Crippen LogP) is 5.27. The molecule has 3 aromatic carbocycles. The van der Waals surface area contributed by atoms with E-state index < -0.39 is 12.1 Å². The Bertz CT molecular complexity index is 1570. The number of benzene rings is 3. The minimum Gasteiger partial charge on any atom is -0.368 e. The zero-order valence-electron chi connectivity index (χ0n) is 29.7. The lowest BCUT2D eigenvalue weighted by Gasteiger charge is -2.41. The lowest BCUT2D eigenvalue weighted by Crippen LogP contribution is -2.60. The van der Waals surface area contributed by atoms with Crippen molar-refractivity contribution >= 4 is 17.5 Å². The Balaban J connectivity index is 1.16. The molecule has 48 heavy (non-hydrogen) atoms. The third-order valence-electron chi connectivity index (χ3n) is 11.1. The van der Waals surface area contributed by atoms with Crippen molar-refractivity contribution in [1.82, 2.24) is 20.4 Å². The van der Waals surface area contributed by atoms with Crippen molar-refractivity contribution in [3.8, 4) is 0 Å². The molecule has 0 aromatic heterocycles. The third-order valence-corrected chi connectivity index (χ3v) is 11.1. The van der Waals surface area contributed by atoms with E-state index in [9.17, 15) is 9.59 Å². The summed E-state index contributed by atoms with van der Waals surface area (Å²) in [6.07, 6.45) is 5.48. The van der Waals surface area contributed by atoms with Crippen molar-refractivity contribution in [2.24, 2.45) is 0 Å². The highest BCUT2D eigenvalue weighted by Gasteiger charge is 2.37. The van der Waals surface area contributed by atoms with Gasteiger partial charge in [0.2, 0.25) is 11.8 Å². The van der Waals surface area contributed by atoms with Crippen LogP contribution in [-0.4, -0.2) is 79.0 Å². The smallest absolute Gasteiger partial charge is 0.245 e. The first-order valence-corrected chi connectivity index (χ1v) is 18.3. The van der Waals surface area contributed by atoms with Crippen LogP contribution >= 0.6 is 0 Å². The quantitative estimate of drug-likeness (QED) is 0.313. The summed E-state index contributed by atoms with van der Waals surface area (Å²) in [5, 5.41) is 6.80. The molecule has 2 amide bonds. The first-order valence-electron chi connectivity index (χ1n) is 18.3. The Kier molecular flexibility index (Phi) is 10.6. The number of piperazine rings is 1. The molecule has 3 atom stereocenters. The number of hydrogen-bond acceptors (Lipinski definition) is 5. The molecular formula is C41H55N5O2. The summed E-state index contributed by atoms with van der Waals surface area (Å²) >= 11 is 0. The number of anilines is 1. The van der Waals surface area contributed by atoms with Gasteiger partial charge in [-0.05, 0) is 98.5 Å². The minimum absolute atomic E-state index is 0.00901. The highest BCUT2D eigenvalue weighted by molar-refractivity contribution is 5.90. The van der Waals surface area contributed by atoms with Crippen molar-refractivity contribution < 1.29 is 9.59 Å². The number of nitrogens with one attached hydrogen (secondary N) is 2. The van der Waals surface area contributed by atoms with Gasteiger partial charge in [0.05, 0.1) is 6.04 Å². The average molecular weight is 650 g/mol. The number of hydrogen-bond donors (Lipinski definition) is 2. The van der Waals surface area contributed by atoms with Crippen LogP contribution in [0.25, 0.3) is 0 Å². The largest absolute Gasteiger partial charge is 0.368 e. The fourth-order valence-corrected chi connectivity index (χ4v) is 8.36. The SMILES string of the molecule is CCc1ccc(C[C@@H](NC(=O)C2Cc3ccccc3C(C)(C)N2)C(=O)N2CCN(c3cccc4c3C[C@H](N(CC)CC)CC4)CC2)cc1. The molecule has 256 valence electrons. The summed E-state index contributed by atoms with van der Waals surface area (Å²) in [5.74, 6) is -0.104. The Hall–Kier alpha value is -3.68. The molecule has 1 saturated heterocycles. The monoisotopic (exact) mass is 649 g/mol. The second kappa shape index (κ2) is 14.8. The summed E-state index contributed by atoms with van der Waals surface area (Å²) in [6.45, 7) is 16.0. The summed E-state index contributed by atoms with van der Waals surface area (Å²) in [5.41, 5.74) is 8.69. The third kappa shape index (κ3) is 7.32. The van der Waals surface area contributed by atoms with E-state index in [2.05, 4.69) is 116 Å². The van der Waals surface area contributed by atoms with Crippen LogP contribution in [0.3, 0.4) is 0 Å². The Morgan fingerprint density at radius 1 is 0.875 bits per heavy atom. The van der Waals surface area contributed by atoms with Crippen LogP contribution in [0.2, 0.25) is 0 Å². The summed E-state index contributed by atoms with van der Waals surface area (Å²) in [7, 11) is 0. The van der Waals surface area contributed by atoms with Gasteiger partial charge in [-0.15, -0.1) is 0 Å². The molecule has 3 aliphatic rings. The molecule has 6 rings (SSSR count). The van der Waals surface area contributed by atoms with E-state index in [1.807, 2.05) is 11.0 Å². The molecule has 1 unspecified atom stereocenters. The van der Waals surface area contributed by atoms with Crippen LogP contribution < -0.4 is 15.5 Å². The fourth-order valence-electron chi connectivity index (χ4n) is 8.36. The number of carbonyl (C=O) groups is 2. The number of amides is 2. The summed E-state index contributed by atoms with van der Waals surface area (Å²) in [4.78, 5) is 35.3. The van der Waals surface area contributed by atoms with Gasteiger partial charge in [0.1, 0.15) is 6.04 Å². The van der Waals surface area contributed by atoms with E-state index in [0.29, 0.717) is 32.0 Å². The number of rotatable bonds is 10. The number of carbonyl (C=O) groups excluding carboxylic acids is 2. The van der Waals surface area contributed by atoms with Gasteiger partial charge >= 0.3 is 0 Å². The average Bonchev–Trinajstić information content (AvgIpc) is 3.11. The molecule has 0 saturated carbocycles. The predicted molar refractivity (Wildman–Crippen MR) is 196 cm³/mol. The van der Waals surface area contributed by atoms with Gasteiger partial charge in [0.15, 0.2) is 0 Å². The van der Waals surface area contributed by atoms with E-state index in [-0.39, 0.29) is 17.4 Å². The Labute approximate surface area is 288 Å². The van der Waals surface area contributed by atoms with Crippen molar-refractivity contribution in [3.63, 3.8) is 0 Å². The van der Waals surface area contributed by atoms with Crippen molar-refractivity contribution in [1.29, 1.82) is 0 Å². The molecule has 0 bridgehead atoms. The Morgan fingerprint density at radius 3 is 2.27 bits per heavy atom. The van der Waals surface area contributed by atoms with Crippen LogP contribution in [0.4, 0.5) is 5.69 Å². The van der Waals surface area contributed by atoms with Gasteiger partial charge in [-0.2, -0.15) is 0 Å². The molecule has 2 N–H and O–H groups in total. The fraction of sp³-hybridized carbons (Fsp3) is 0.512. The topological polar surface area (TPSA) is 67.9 Å². The summed E-state index contributed by atoms with van der Waals surface area (Å²) < 4.78 is 0. The Morgan fingerprint density at radius 2 is 1.56 bits per heavy atom. The molecule has 0 spiro atoms. The highest BCUT2D eigenvalue weighted by atomic mass is 16.2. The molecule has 3 aromatic rings. The second-order valence-electron chi connectivity index (χ2n) is 14.5. The van der Waals surface area contributed by atoms with Crippen molar-refractivity contribution in [2.75, 3.05) is 44.2 Å². The van der Waals surface area contributed by atoms with E-state index >= 15 is 0 Å². The molecule has 1 aliphatic carbocycles. The zero-order chi connectivity index (χ0) is 33.8. The van der Waals surface area contributed by atoms with Gasteiger partial charge in [-0.1, -0.05) is 81.4 Å². The van der Waals surface area contributed by atoms with E-state index in [1.54, 1.807) is 0 Å². The van der Waals surface area contributed by atoms with Gasteiger partial charge in [0.25, 0.3) is 0 Å². The molecule has 2 heterocycles. The normalized spacial score (nSPS) is 21.0. The first kappa shape index (κ1) is 34.2. The lowest BCUT2D eigenvalue weighted by atomic mass is 9.82. The number of likely N-dealkylation sites (N-methyl/N-ethyl adjacent to an activating group) is 1. The van der Waals surface area contributed by atoms with E-state index in [1.165, 1.54) is 39.9 Å². The molecule has 7 heteroatoms. The van der Waals surface area contributed by atoms with Gasteiger partial charge in [-0.3, -0.25) is 14.9 Å². The van der Waals surface area contributed by atoms with Crippen LogP contribution in [0.5, 0.6) is 0 Å². The first-order chi connectivity index (χ1) is 23.2. The molecule has 0 radical (unpaired) electrons. The number of nitrogens with zero attached hydrogens (tertiary/aromatic N) is 3. The maximum absolute atomic E-state index is 14.3. The molecule has 7 nitrogen and oxygen atoms in total. The standard InChI is InChI=1S/C41H55N5O2/c1-6-29-16-18-30(19-17-29)26-37(42-39(47)36-27-32-12-9-10-14-35(32)41(4,5)43-36)40(48)46-24-22-45(23-25-46)38-15-11-13-31-20-21-33(28-34(31)38)44(7-2)8-3/h9-19,33,36-37,43H,6-8,20-28H2,1-5H3,(H,42,47)/t33-,36?,37-/m1/s1. The molecular weight excluding hydrogens is 594 g/mol. The highest BCUT2D eigenvalue weighted by Crippen LogP contribution is 2.33. The maximum atomic E-state index is 14.3. The van der Waals surface area contributed by atoms with E-state index in [4.69, 9.17) is 0 Å². The second-order valence-corrected chi connectivity index (χ2v) is 14.5. The van der Waals surface area contributed by atoms with Gasteiger partial charge < -0.3 is 20.0 Å². The van der Waals surface area contributed by atoms with Crippen LogP contribution in [0, 0.1) is 0 Å². The van der Waals surface area contributed by atoms with Gasteiger partial charge in [0, 0.05) is 49.9 Å². The lowest BCUT2D eigenvalue weighted by molar-refractivity contribution is -0.137. The number of fused-ring (bicyclic) bond motifs is 2. The minimum atomic E-state index is -0.627. The van der Waals surface area contributed by atoms with Gasteiger partial charge in [-0.25, -0.2) is 0 Å². The zero-order valence-corrected chi connectivity index (χ0v) is 29.7. The van der Waals surface area contributed by atoms with Crippen molar-refractivity contribution in [3.05, 3.63) is 100 Å². The number of aryl methyl sites for hydroxylation is 2. The van der Waals surface area contributed by atoms with Crippen LogP contribution in [0.1, 0.15) is 74.4 Å². The molecule has 1 fully saturated rings. The summed E-state index contributed by atoms with van der Waals surface area (Å²) in [6, 6.07) is 23.1. The van der Waals surface area contributed by atoms with Crippen LogP contribution in [0.15, 0.2) is 66.7 Å². The van der Waals surface area contributed by atoms with E-state index in [0.717, 1.165) is 51.0 Å². The maximum Gasteiger partial charge on any atom is 0.245 e.